The van der Waals surface area contributed by atoms with Gasteiger partial charge in [-0.2, -0.15) is 0 Å². The Balaban J connectivity index is 0.000000162. The Hall–Kier alpha value is -4.36. The minimum Gasteiger partial charge on any atom is -0.398 e. The summed E-state index contributed by atoms with van der Waals surface area (Å²) in [5.74, 6) is 0. The number of nitrogens with two attached hydrogens (primary N) is 1. The second-order valence-corrected chi connectivity index (χ2v) is 8.05. The normalized spacial score (nSPS) is 10.5. The topological polar surface area (TPSA) is 26.0 Å². The average molecular weight is 424 g/mol. The number of anilines is 1. The summed E-state index contributed by atoms with van der Waals surface area (Å²) in [5.41, 5.74) is 11.8. The Kier molecular flexibility index (Phi) is 5.86. The highest BCUT2D eigenvalue weighted by atomic mass is 14.6. The van der Waals surface area contributed by atoms with Crippen molar-refractivity contribution < 1.29 is 0 Å². The summed E-state index contributed by atoms with van der Waals surface area (Å²) in [5, 5.41) is 5.01. The SMILES string of the molecule is Nc1ccccc1-c1cccc2cc3ccccc3cc12.c1ccc(-c2ccccc2)cc1. The first-order chi connectivity index (χ1) is 16.3. The van der Waals surface area contributed by atoms with Gasteiger partial charge >= 0.3 is 0 Å². The van der Waals surface area contributed by atoms with Crippen LogP contribution in [0.5, 0.6) is 0 Å². The summed E-state index contributed by atoms with van der Waals surface area (Å²) in [6.45, 7) is 0. The number of para-hydroxylation sites is 1. The molecule has 1 heteroatoms. The summed E-state index contributed by atoms with van der Waals surface area (Å²) in [4.78, 5) is 0. The molecule has 0 spiro atoms. The van der Waals surface area contributed by atoms with Crippen molar-refractivity contribution in [2.24, 2.45) is 0 Å². The van der Waals surface area contributed by atoms with Crippen LogP contribution in [0.25, 0.3) is 43.8 Å². The van der Waals surface area contributed by atoms with E-state index < -0.39 is 0 Å². The Morgan fingerprint density at radius 3 is 1.48 bits per heavy atom. The molecule has 0 radical (unpaired) electrons. The van der Waals surface area contributed by atoms with Gasteiger partial charge in [-0.05, 0) is 56.4 Å². The zero-order chi connectivity index (χ0) is 22.5. The van der Waals surface area contributed by atoms with Gasteiger partial charge in [-0.25, -0.2) is 0 Å². The van der Waals surface area contributed by atoms with Crippen molar-refractivity contribution in [3.8, 4) is 22.3 Å². The van der Waals surface area contributed by atoms with Crippen LogP contribution in [-0.2, 0) is 0 Å². The van der Waals surface area contributed by atoms with Gasteiger partial charge in [0.25, 0.3) is 0 Å². The van der Waals surface area contributed by atoms with Crippen molar-refractivity contribution in [1.82, 2.24) is 0 Å². The maximum atomic E-state index is 6.16. The smallest absolute Gasteiger partial charge is 0.0393 e. The highest BCUT2D eigenvalue weighted by Gasteiger charge is 2.07. The van der Waals surface area contributed by atoms with Gasteiger partial charge in [0.1, 0.15) is 0 Å². The fraction of sp³-hybridized carbons (Fsp3) is 0. The van der Waals surface area contributed by atoms with Gasteiger partial charge in [0, 0.05) is 11.3 Å². The number of fused-ring (bicyclic) bond motifs is 2. The van der Waals surface area contributed by atoms with Crippen molar-refractivity contribution in [2.75, 3.05) is 5.73 Å². The van der Waals surface area contributed by atoms with Gasteiger partial charge in [0.05, 0.1) is 0 Å². The first-order valence-corrected chi connectivity index (χ1v) is 11.2. The number of rotatable bonds is 2. The maximum absolute atomic E-state index is 6.16. The van der Waals surface area contributed by atoms with Gasteiger partial charge in [-0.3, -0.25) is 0 Å². The molecule has 0 aliphatic rings. The van der Waals surface area contributed by atoms with E-state index in [1.165, 1.54) is 38.2 Å². The van der Waals surface area contributed by atoms with Gasteiger partial charge in [-0.1, -0.05) is 121 Å². The highest BCUT2D eigenvalue weighted by molar-refractivity contribution is 6.06. The summed E-state index contributed by atoms with van der Waals surface area (Å²) in [6, 6.07) is 48.2. The molecule has 33 heavy (non-hydrogen) atoms. The van der Waals surface area contributed by atoms with E-state index in [1.54, 1.807) is 0 Å². The van der Waals surface area contributed by atoms with Crippen LogP contribution < -0.4 is 5.73 Å². The van der Waals surface area contributed by atoms with Crippen LogP contribution >= 0.6 is 0 Å². The average Bonchev–Trinajstić information content (AvgIpc) is 2.89. The van der Waals surface area contributed by atoms with Crippen molar-refractivity contribution in [1.29, 1.82) is 0 Å². The third kappa shape index (κ3) is 4.49. The summed E-state index contributed by atoms with van der Waals surface area (Å²) in [7, 11) is 0. The molecule has 1 nitrogen and oxygen atoms in total. The van der Waals surface area contributed by atoms with Crippen LogP contribution in [0.3, 0.4) is 0 Å². The number of hydrogen-bond acceptors (Lipinski definition) is 1. The highest BCUT2D eigenvalue weighted by Crippen LogP contribution is 2.34. The molecule has 0 heterocycles. The van der Waals surface area contributed by atoms with E-state index in [9.17, 15) is 0 Å². The van der Waals surface area contributed by atoms with Crippen molar-refractivity contribution >= 4 is 27.2 Å². The van der Waals surface area contributed by atoms with Gasteiger partial charge < -0.3 is 5.73 Å². The van der Waals surface area contributed by atoms with Crippen molar-refractivity contribution in [3.05, 3.63) is 140 Å². The lowest BCUT2D eigenvalue weighted by Gasteiger charge is -2.10. The molecule has 6 aromatic rings. The molecule has 158 valence electrons. The van der Waals surface area contributed by atoms with Crippen LogP contribution in [0.2, 0.25) is 0 Å². The molecule has 0 bridgehead atoms. The van der Waals surface area contributed by atoms with E-state index in [0.717, 1.165) is 11.3 Å². The molecule has 0 amide bonds. The lowest BCUT2D eigenvalue weighted by atomic mass is 9.95. The third-order valence-corrected chi connectivity index (χ3v) is 5.88. The molecule has 0 saturated carbocycles. The molecule has 0 atom stereocenters. The second-order valence-electron chi connectivity index (χ2n) is 8.05. The van der Waals surface area contributed by atoms with E-state index >= 15 is 0 Å². The minimum atomic E-state index is 0.818. The zero-order valence-corrected chi connectivity index (χ0v) is 18.4. The fourth-order valence-electron chi connectivity index (χ4n) is 4.21. The standard InChI is InChI=1S/C20H15N.C12H10/c21-20-11-4-3-9-18(20)17-10-5-8-16-12-14-6-1-2-7-15(14)13-19(16)17;1-3-7-11(8-4-1)12-9-5-2-6-10-12/h1-13H,21H2;1-10H. The van der Waals surface area contributed by atoms with E-state index in [4.69, 9.17) is 5.73 Å². The van der Waals surface area contributed by atoms with Crippen molar-refractivity contribution in [2.45, 2.75) is 0 Å². The second kappa shape index (κ2) is 9.42. The monoisotopic (exact) mass is 423 g/mol. The zero-order valence-electron chi connectivity index (χ0n) is 18.4. The Labute approximate surface area is 194 Å². The third-order valence-electron chi connectivity index (χ3n) is 5.88. The van der Waals surface area contributed by atoms with Gasteiger partial charge in [0.15, 0.2) is 0 Å². The Morgan fingerprint density at radius 1 is 0.364 bits per heavy atom. The molecule has 0 unspecified atom stereocenters. The van der Waals surface area contributed by atoms with E-state index in [0.29, 0.717) is 0 Å². The van der Waals surface area contributed by atoms with Crippen LogP contribution in [0.1, 0.15) is 0 Å². The lowest BCUT2D eigenvalue weighted by Crippen LogP contribution is -1.90. The first-order valence-electron chi connectivity index (χ1n) is 11.2. The van der Waals surface area contributed by atoms with Gasteiger partial charge in [0.2, 0.25) is 0 Å². The van der Waals surface area contributed by atoms with Crippen molar-refractivity contribution in [3.63, 3.8) is 0 Å². The summed E-state index contributed by atoms with van der Waals surface area (Å²) in [6.07, 6.45) is 0. The molecule has 2 N–H and O–H groups in total. The largest absolute Gasteiger partial charge is 0.398 e. The molecule has 6 rings (SSSR count). The van der Waals surface area contributed by atoms with Gasteiger partial charge in [-0.15, -0.1) is 0 Å². The summed E-state index contributed by atoms with van der Waals surface area (Å²) >= 11 is 0. The quantitative estimate of drug-likeness (QED) is 0.219. The van der Waals surface area contributed by atoms with Crippen LogP contribution in [0, 0.1) is 0 Å². The molecule has 0 aliphatic heterocycles. The minimum absolute atomic E-state index is 0.818. The predicted molar refractivity (Wildman–Crippen MR) is 143 cm³/mol. The molecular formula is C32H25N. The Morgan fingerprint density at radius 2 is 0.848 bits per heavy atom. The maximum Gasteiger partial charge on any atom is 0.0393 e. The molecule has 0 fully saturated rings. The summed E-state index contributed by atoms with van der Waals surface area (Å²) < 4.78 is 0. The van der Waals surface area contributed by atoms with E-state index in [2.05, 4.69) is 109 Å². The van der Waals surface area contributed by atoms with E-state index in [1.807, 2.05) is 30.3 Å². The Bertz CT molecular complexity index is 1460. The van der Waals surface area contributed by atoms with E-state index in [-0.39, 0.29) is 0 Å². The molecular weight excluding hydrogens is 398 g/mol. The lowest BCUT2D eigenvalue weighted by molar-refractivity contribution is 1.62. The van der Waals surface area contributed by atoms with Crippen LogP contribution in [0.15, 0.2) is 140 Å². The number of hydrogen-bond donors (Lipinski definition) is 1. The molecule has 0 aromatic heterocycles. The molecule has 6 aromatic carbocycles. The predicted octanol–water partition coefficient (Wildman–Crippen LogP) is 8.60. The van der Waals surface area contributed by atoms with Crippen LogP contribution in [-0.4, -0.2) is 0 Å². The number of nitrogen functional groups attached to an aromatic ring is 1. The molecule has 0 saturated heterocycles. The number of benzene rings is 6. The molecule has 0 aliphatic carbocycles. The van der Waals surface area contributed by atoms with Crippen LogP contribution in [0.4, 0.5) is 5.69 Å². The first kappa shape index (κ1) is 20.5. The fourth-order valence-corrected chi connectivity index (χ4v) is 4.21.